The number of hydrogen-bond donors (Lipinski definition) is 2. The molecule has 0 aliphatic carbocycles. The lowest BCUT2D eigenvalue weighted by Gasteiger charge is -2.04. The minimum Gasteiger partial charge on any atom is -0.508 e. The smallest absolute Gasteiger partial charge is 0.301 e. The SMILES string of the molecule is C/C(=N\Nc1ccc([N+](=O)[O-])cc1[N+](=O)[O-])c1coc2c(C)cc(O)cc12. The molecule has 10 heteroatoms. The Morgan fingerprint density at radius 3 is 2.59 bits per heavy atom. The number of hydrogen-bond acceptors (Lipinski definition) is 8. The van der Waals surface area contributed by atoms with Gasteiger partial charge in [0.05, 0.1) is 21.6 Å². The van der Waals surface area contributed by atoms with Crippen LogP contribution in [0.5, 0.6) is 5.75 Å². The predicted octanol–water partition coefficient (Wildman–Crippen LogP) is 4.10. The van der Waals surface area contributed by atoms with E-state index in [4.69, 9.17) is 4.42 Å². The van der Waals surface area contributed by atoms with Gasteiger partial charge in [0.15, 0.2) is 0 Å². The molecular formula is C17H14N4O6. The normalized spacial score (nSPS) is 11.6. The van der Waals surface area contributed by atoms with Crippen molar-refractivity contribution in [3.63, 3.8) is 0 Å². The molecule has 3 aromatic rings. The highest BCUT2D eigenvalue weighted by Gasteiger charge is 2.19. The van der Waals surface area contributed by atoms with Crippen molar-refractivity contribution >= 4 is 33.7 Å². The molecular weight excluding hydrogens is 356 g/mol. The van der Waals surface area contributed by atoms with E-state index in [0.717, 1.165) is 17.7 Å². The van der Waals surface area contributed by atoms with Crippen molar-refractivity contribution < 1.29 is 19.4 Å². The predicted molar refractivity (Wildman–Crippen MR) is 98.2 cm³/mol. The van der Waals surface area contributed by atoms with E-state index in [1.54, 1.807) is 19.9 Å². The largest absolute Gasteiger partial charge is 0.508 e. The Morgan fingerprint density at radius 2 is 1.93 bits per heavy atom. The number of non-ortho nitro benzene ring substituents is 1. The number of phenols is 1. The van der Waals surface area contributed by atoms with Crippen molar-refractivity contribution in [3.05, 3.63) is 68.0 Å². The number of benzene rings is 2. The first-order chi connectivity index (χ1) is 12.8. The second-order valence-electron chi connectivity index (χ2n) is 5.81. The van der Waals surface area contributed by atoms with E-state index in [1.807, 2.05) is 0 Å². The van der Waals surface area contributed by atoms with Crippen LogP contribution < -0.4 is 5.43 Å². The van der Waals surface area contributed by atoms with Crippen LogP contribution in [-0.4, -0.2) is 20.7 Å². The number of anilines is 1. The Kier molecular flexibility index (Phi) is 4.46. The van der Waals surface area contributed by atoms with Gasteiger partial charge in [-0.15, -0.1) is 0 Å². The van der Waals surface area contributed by atoms with Crippen LogP contribution in [0.25, 0.3) is 11.0 Å². The number of nitro groups is 2. The summed E-state index contributed by atoms with van der Waals surface area (Å²) in [6, 6.07) is 6.34. The molecule has 3 rings (SSSR count). The molecule has 1 aromatic heterocycles. The number of nitrogens with one attached hydrogen (secondary N) is 1. The van der Waals surface area contributed by atoms with Gasteiger partial charge in [-0.25, -0.2) is 0 Å². The number of rotatable bonds is 5. The fraction of sp³-hybridized carbons (Fsp3) is 0.118. The summed E-state index contributed by atoms with van der Waals surface area (Å²) in [4.78, 5) is 20.5. The second-order valence-corrected chi connectivity index (χ2v) is 5.81. The molecule has 27 heavy (non-hydrogen) atoms. The molecule has 10 nitrogen and oxygen atoms in total. The van der Waals surface area contributed by atoms with Crippen molar-refractivity contribution in [2.75, 3.05) is 5.43 Å². The summed E-state index contributed by atoms with van der Waals surface area (Å²) in [5.41, 5.74) is 4.11. The average Bonchev–Trinajstić information content (AvgIpc) is 3.03. The van der Waals surface area contributed by atoms with Crippen LogP contribution in [0.4, 0.5) is 17.1 Å². The molecule has 2 N–H and O–H groups in total. The third kappa shape index (κ3) is 3.40. The van der Waals surface area contributed by atoms with E-state index in [-0.39, 0.29) is 17.1 Å². The highest BCUT2D eigenvalue weighted by molar-refractivity contribution is 6.09. The third-order valence-corrected chi connectivity index (χ3v) is 3.97. The molecule has 0 radical (unpaired) electrons. The van der Waals surface area contributed by atoms with Crippen LogP contribution >= 0.6 is 0 Å². The lowest BCUT2D eigenvalue weighted by atomic mass is 10.1. The van der Waals surface area contributed by atoms with Gasteiger partial charge >= 0.3 is 5.69 Å². The van der Waals surface area contributed by atoms with Crippen molar-refractivity contribution in [1.29, 1.82) is 0 Å². The van der Waals surface area contributed by atoms with Crippen LogP contribution in [0, 0.1) is 27.2 Å². The average molecular weight is 370 g/mol. The fourth-order valence-electron chi connectivity index (χ4n) is 2.66. The van der Waals surface area contributed by atoms with Crippen molar-refractivity contribution in [2.24, 2.45) is 5.10 Å². The molecule has 0 bridgehead atoms. The molecule has 0 saturated carbocycles. The Balaban J connectivity index is 1.97. The molecule has 0 amide bonds. The second kappa shape index (κ2) is 6.75. The molecule has 0 aliphatic heterocycles. The van der Waals surface area contributed by atoms with Gasteiger partial charge in [0, 0.05) is 17.0 Å². The van der Waals surface area contributed by atoms with Crippen LogP contribution in [-0.2, 0) is 0 Å². The summed E-state index contributed by atoms with van der Waals surface area (Å²) in [6.07, 6.45) is 1.47. The van der Waals surface area contributed by atoms with Crippen molar-refractivity contribution in [3.8, 4) is 5.75 Å². The summed E-state index contributed by atoms with van der Waals surface area (Å²) < 4.78 is 5.51. The van der Waals surface area contributed by atoms with Crippen LogP contribution in [0.15, 0.2) is 46.1 Å². The maximum atomic E-state index is 11.2. The molecule has 138 valence electrons. The van der Waals surface area contributed by atoms with E-state index in [1.165, 1.54) is 18.4 Å². The van der Waals surface area contributed by atoms with Gasteiger partial charge < -0.3 is 9.52 Å². The maximum absolute atomic E-state index is 11.2. The van der Waals surface area contributed by atoms with E-state index in [0.29, 0.717) is 22.2 Å². The van der Waals surface area contributed by atoms with Gasteiger partial charge in [-0.2, -0.15) is 5.10 Å². The molecule has 2 aromatic carbocycles. The third-order valence-electron chi connectivity index (χ3n) is 3.97. The first-order valence-corrected chi connectivity index (χ1v) is 7.72. The van der Waals surface area contributed by atoms with Crippen LogP contribution in [0.3, 0.4) is 0 Å². The van der Waals surface area contributed by atoms with Gasteiger partial charge in [0.1, 0.15) is 23.3 Å². The standard InChI is InChI=1S/C17H14N4O6/c1-9-5-12(22)7-13-14(8-27-17(9)13)10(2)18-19-15-4-3-11(20(23)24)6-16(15)21(25)26/h3-8,19,22H,1-2H3/b18-10+. The van der Waals surface area contributed by atoms with Crippen molar-refractivity contribution in [1.82, 2.24) is 0 Å². The number of aromatic hydroxyl groups is 1. The summed E-state index contributed by atoms with van der Waals surface area (Å²) in [7, 11) is 0. The molecule has 1 heterocycles. The number of nitro benzene ring substituents is 2. The minimum atomic E-state index is -0.727. The first-order valence-electron chi connectivity index (χ1n) is 7.72. The maximum Gasteiger partial charge on any atom is 0.301 e. The summed E-state index contributed by atoms with van der Waals surface area (Å²) in [6.45, 7) is 3.45. The highest BCUT2D eigenvalue weighted by Crippen LogP contribution is 2.31. The number of furan rings is 1. The lowest BCUT2D eigenvalue weighted by Crippen LogP contribution is -2.02. The number of fused-ring (bicyclic) bond motifs is 1. The summed E-state index contributed by atoms with van der Waals surface area (Å²) in [5, 5.41) is 36.5. The number of nitrogens with zero attached hydrogens (tertiary/aromatic N) is 3. The lowest BCUT2D eigenvalue weighted by molar-refractivity contribution is -0.393. The number of phenolic OH excluding ortho intramolecular Hbond substituents is 1. The molecule has 0 saturated heterocycles. The van der Waals surface area contributed by atoms with Gasteiger partial charge in [0.25, 0.3) is 5.69 Å². The number of hydrazone groups is 1. The van der Waals surface area contributed by atoms with Crippen LogP contribution in [0.2, 0.25) is 0 Å². The van der Waals surface area contributed by atoms with Gasteiger partial charge in [0.2, 0.25) is 0 Å². The zero-order chi connectivity index (χ0) is 19.7. The zero-order valence-corrected chi connectivity index (χ0v) is 14.3. The van der Waals surface area contributed by atoms with E-state index in [2.05, 4.69) is 10.5 Å². The van der Waals surface area contributed by atoms with E-state index >= 15 is 0 Å². The highest BCUT2D eigenvalue weighted by atomic mass is 16.6. The fourth-order valence-corrected chi connectivity index (χ4v) is 2.66. The first kappa shape index (κ1) is 17.9. The van der Waals surface area contributed by atoms with Crippen molar-refractivity contribution in [2.45, 2.75) is 13.8 Å². The Hall–Kier alpha value is -3.95. The molecule has 0 atom stereocenters. The summed E-state index contributed by atoms with van der Waals surface area (Å²) >= 11 is 0. The molecule has 0 spiro atoms. The van der Waals surface area contributed by atoms with Gasteiger partial charge in [-0.1, -0.05) is 0 Å². The Labute approximate surface area is 152 Å². The summed E-state index contributed by atoms with van der Waals surface area (Å²) in [5.74, 6) is 0.0782. The molecule has 0 unspecified atom stereocenters. The Bertz CT molecular complexity index is 1100. The minimum absolute atomic E-state index is 0.0109. The van der Waals surface area contributed by atoms with E-state index < -0.39 is 15.5 Å². The van der Waals surface area contributed by atoms with Crippen LogP contribution in [0.1, 0.15) is 18.1 Å². The number of aryl methyl sites for hydroxylation is 1. The topological polar surface area (TPSA) is 144 Å². The van der Waals surface area contributed by atoms with Gasteiger partial charge in [-0.05, 0) is 37.6 Å². The molecule has 0 fully saturated rings. The van der Waals surface area contributed by atoms with Gasteiger partial charge in [-0.3, -0.25) is 25.7 Å². The molecule has 0 aliphatic rings. The zero-order valence-electron chi connectivity index (χ0n) is 14.3. The Morgan fingerprint density at radius 1 is 1.19 bits per heavy atom. The monoisotopic (exact) mass is 370 g/mol. The quantitative estimate of drug-likeness (QED) is 0.391. The van der Waals surface area contributed by atoms with E-state index in [9.17, 15) is 25.3 Å².